The fourth-order valence-electron chi connectivity index (χ4n) is 1.79. The fraction of sp³-hybridized carbons (Fsp3) is 0.286. The number of aryl methyl sites for hydroxylation is 2. The maximum Gasteiger partial charge on any atom is 0.116 e. The Kier molecular flexibility index (Phi) is 4.33. The van der Waals surface area contributed by atoms with Crippen LogP contribution in [0.4, 0.5) is 0 Å². The summed E-state index contributed by atoms with van der Waals surface area (Å²) in [5, 5.41) is 0.964. The van der Waals surface area contributed by atoms with E-state index in [2.05, 4.69) is 42.0 Å². The maximum atomic E-state index is 6.25. The average Bonchev–Trinajstić information content (AvgIpc) is 2.40. The highest BCUT2D eigenvalue weighted by molar-refractivity contribution is 7.99. The van der Waals surface area contributed by atoms with Crippen molar-refractivity contribution < 1.29 is 0 Å². The molecule has 0 aliphatic carbocycles. The molecule has 94 valence electrons. The van der Waals surface area contributed by atoms with Gasteiger partial charge in [-0.3, -0.25) is 0 Å². The second kappa shape index (κ2) is 5.98. The SMILES string of the molecule is Cc1ccc(C)c(C(N)CSc2ccncn2)c1. The van der Waals surface area contributed by atoms with Crippen LogP contribution in [0.25, 0.3) is 0 Å². The molecule has 3 nitrogen and oxygen atoms in total. The van der Waals surface area contributed by atoms with Crippen molar-refractivity contribution in [2.45, 2.75) is 24.9 Å². The van der Waals surface area contributed by atoms with Crippen molar-refractivity contribution in [2.24, 2.45) is 5.73 Å². The van der Waals surface area contributed by atoms with Crippen LogP contribution in [0.1, 0.15) is 22.7 Å². The summed E-state index contributed by atoms with van der Waals surface area (Å²) in [4.78, 5) is 8.08. The summed E-state index contributed by atoms with van der Waals surface area (Å²) in [5.41, 5.74) is 9.96. The van der Waals surface area contributed by atoms with Crippen LogP contribution in [0.3, 0.4) is 0 Å². The molecule has 2 aromatic rings. The molecule has 0 bridgehead atoms. The van der Waals surface area contributed by atoms with Gasteiger partial charge in [0.25, 0.3) is 0 Å². The lowest BCUT2D eigenvalue weighted by Crippen LogP contribution is -2.14. The van der Waals surface area contributed by atoms with E-state index >= 15 is 0 Å². The molecule has 0 fully saturated rings. The zero-order valence-corrected chi connectivity index (χ0v) is 11.4. The summed E-state index contributed by atoms with van der Waals surface area (Å²) in [5.74, 6) is 0.821. The van der Waals surface area contributed by atoms with Gasteiger partial charge in [-0.1, -0.05) is 23.8 Å². The van der Waals surface area contributed by atoms with E-state index in [0.717, 1.165) is 10.8 Å². The molecule has 2 rings (SSSR count). The van der Waals surface area contributed by atoms with Gasteiger partial charge < -0.3 is 5.73 Å². The highest BCUT2D eigenvalue weighted by Crippen LogP contribution is 2.24. The Bertz CT molecular complexity index is 514. The van der Waals surface area contributed by atoms with Gasteiger partial charge in [-0.05, 0) is 31.0 Å². The van der Waals surface area contributed by atoms with E-state index in [1.54, 1.807) is 24.3 Å². The third-order valence-electron chi connectivity index (χ3n) is 2.80. The number of aromatic nitrogens is 2. The van der Waals surface area contributed by atoms with Crippen LogP contribution < -0.4 is 5.73 Å². The fourth-order valence-corrected chi connectivity index (χ4v) is 2.60. The van der Waals surface area contributed by atoms with Crippen molar-refractivity contribution in [3.8, 4) is 0 Å². The summed E-state index contributed by atoms with van der Waals surface area (Å²) in [6.45, 7) is 4.19. The second-order valence-corrected chi connectivity index (χ2v) is 5.37. The van der Waals surface area contributed by atoms with Crippen molar-refractivity contribution in [2.75, 3.05) is 5.75 Å². The monoisotopic (exact) mass is 259 g/mol. The quantitative estimate of drug-likeness (QED) is 0.677. The molecule has 1 aromatic carbocycles. The predicted molar refractivity (Wildman–Crippen MR) is 75.6 cm³/mol. The third kappa shape index (κ3) is 3.31. The van der Waals surface area contributed by atoms with Gasteiger partial charge in [-0.2, -0.15) is 0 Å². The average molecular weight is 259 g/mol. The summed E-state index contributed by atoms with van der Waals surface area (Å²) >= 11 is 1.66. The third-order valence-corrected chi connectivity index (χ3v) is 3.86. The van der Waals surface area contributed by atoms with Gasteiger partial charge in [0.1, 0.15) is 6.33 Å². The summed E-state index contributed by atoms with van der Waals surface area (Å²) < 4.78 is 0. The lowest BCUT2D eigenvalue weighted by Gasteiger charge is -2.14. The molecule has 0 aliphatic rings. The smallest absolute Gasteiger partial charge is 0.116 e. The van der Waals surface area contributed by atoms with Crippen LogP contribution in [-0.2, 0) is 0 Å². The molecule has 1 atom stereocenters. The molecule has 0 radical (unpaired) electrons. The van der Waals surface area contributed by atoms with E-state index in [0.29, 0.717) is 0 Å². The van der Waals surface area contributed by atoms with Gasteiger partial charge in [-0.15, -0.1) is 11.8 Å². The van der Waals surface area contributed by atoms with Gasteiger partial charge in [-0.25, -0.2) is 9.97 Å². The van der Waals surface area contributed by atoms with Crippen LogP contribution in [0.15, 0.2) is 41.8 Å². The van der Waals surface area contributed by atoms with Crippen molar-refractivity contribution >= 4 is 11.8 Å². The predicted octanol–water partition coefficient (Wildman–Crippen LogP) is 2.89. The molecule has 2 N–H and O–H groups in total. The minimum absolute atomic E-state index is 0.0323. The van der Waals surface area contributed by atoms with Gasteiger partial charge >= 0.3 is 0 Å². The largest absolute Gasteiger partial charge is 0.323 e. The normalized spacial score (nSPS) is 12.4. The number of benzene rings is 1. The standard InChI is InChI=1S/C14H17N3S/c1-10-3-4-11(2)12(7-10)13(15)8-18-14-5-6-16-9-17-14/h3-7,9,13H,8,15H2,1-2H3. The first-order valence-corrected chi connectivity index (χ1v) is 6.87. The highest BCUT2D eigenvalue weighted by Gasteiger charge is 2.10. The molecular formula is C14H17N3S. The number of nitrogens with zero attached hydrogens (tertiary/aromatic N) is 2. The van der Waals surface area contributed by atoms with E-state index in [9.17, 15) is 0 Å². The van der Waals surface area contributed by atoms with Gasteiger partial charge in [0.05, 0.1) is 5.03 Å². The minimum atomic E-state index is 0.0323. The van der Waals surface area contributed by atoms with E-state index in [-0.39, 0.29) is 6.04 Å². The van der Waals surface area contributed by atoms with Crippen LogP contribution in [-0.4, -0.2) is 15.7 Å². The molecule has 0 spiro atoms. The molecule has 0 aliphatic heterocycles. The van der Waals surface area contributed by atoms with Gasteiger partial charge in [0.2, 0.25) is 0 Å². The van der Waals surface area contributed by atoms with Crippen molar-refractivity contribution in [3.05, 3.63) is 53.5 Å². The molecular weight excluding hydrogens is 242 g/mol. The van der Waals surface area contributed by atoms with Crippen molar-refractivity contribution in [1.82, 2.24) is 9.97 Å². The lowest BCUT2D eigenvalue weighted by atomic mass is 10.0. The molecule has 0 saturated heterocycles. The topological polar surface area (TPSA) is 51.8 Å². The molecule has 1 unspecified atom stereocenters. The summed E-state index contributed by atoms with van der Waals surface area (Å²) in [7, 11) is 0. The maximum absolute atomic E-state index is 6.25. The first-order chi connectivity index (χ1) is 8.66. The van der Waals surface area contributed by atoms with Crippen LogP contribution >= 0.6 is 11.8 Å². The van der Waals surface area contributed by atoms with Crippen molar-refractivity contribution in [1.29, 1.82) is 0 Å². The number of hydrogen-bond acceptors (Lipinski definition) is 4. The highest BCUT2D eigenvalue weighted by atomic mass is 32.2. The Labute approximate surface area is 112 Å². The first kappa shape index (κ1) is 13.1. The first-order valence-electron chi connectivity index (χ1n) is 5.88. The van der Waals surface area contributed by atoms with E-state index in [1.165, 1.54) is 16.7 Å². The zero-order valence-electron chi connectivity index (χ0n) is 10.6. The minimum Gasteiger partial charge on any atom is -0.323 e. The van der Waals surface area contributed by atoms with E-state index < -0.39 is 0 Å². The summed E-state index contributed by atoms with van der Waals surface area (Å²) in [6, 6.07) is 8.34. The van der Waals surface area contributed by atoms with Gasteiger partial charge in [0, 0.05) is 18.0 Å². The van der Waals surface area contributed by atoms with E-state index in [1.807, 2.05) is 6.07 Å². The lowest BCUT2D eigenvalue weighted by molar-refractivity contribution is 0.819. The van der Waals surface area contributed by atoms with Crippen molar-refractivity contribution in [3.63, 3.8) is 0 Å². The Morgan fingerprint density at radius 1 is 1.28 bits per heavy atom. The van der Waals surface area contributed by atoms with Crippen LogP contribution in [0.5, 0.6) is 0 Å². The molecule has 1 heterocycles. The van der Waals surface area contributed by atoms with Gasteiger partial charge in [0.15, 0.2) is 0 Å². The zero-order chi connectivity index (χ0) is 13.0. The number of nitrogens with two attached hydrogens (primary N) is 1. The number of rotatable bonds is 4. The Morgan fingerprint density at radius 2 is 2.11 bits per heavy atom. The molecule has 1 aromatic heterocycles. The van der Waals surface area contributed by atoms with Crippen LogP contribution in [0.2, 0.25) is 0 Å². The Morgan fingerprint density at radius 3 is 2.83 bits per heavy atom. The van der Waals surface area contributed by atoms with E-state index in [4.69, 9.17) is 5.73 Å². The molecule has 0 amide bonds. The van der Waals surface area contributed by atoms with Crippen LogP contribution in [0, 0.1) is 13.8 Å². The number of thioether (sulfide) groups is 1. The second-order valence-electron chi connectivity index (χ2n) is 4.33. The summed E-state index contributed by atoms with van der Waals surface area (Å²) in [6.07, 6.45) is 3.31. The molecule has 18 heavy (non-hydrogen) atoms. The molecule has 0 saturated carbocycles. The Balaban J connectivity index is 2.03. The Hall–Kier alpha value is -1.39. The molecule has 4 heteroatoms. The number of hydrogen-bond donors (Lipinski definition) is 1.